The minimum atomic E-state index is -4.05. The molecule has 1 amide bonds. The number of hydrogen-bond donors (Lipinski definition) is 5. The zero-order valence-corrected chi connectivity index (χ0v) is 21.2. The molecule has 4 fully saturated rings. The number of carbonyl (C=O) groups is 1. The zero-order chi connectivity index (χ0) is 25.7. The van der Waals surface area contributed by atoms with E-state index in [0.29, 0.717) is 31.2 Å². The van der Waals surface area contributed by atoms with Gasteiger partial charge in [-0.3, -0.25) is 4.79 Å². The number of carbonyl (C=O) groups excluding carboxylic acids is 1. The average molecular weight is 518 g/mol. The number of nitrogens with two attached hydrogens (primary N) is 1. The first kappa shape index (κ1) is 25.0. The van der Waals surface area contributed by atoms with Crippen molar-refractivity contribution in [3.8, 4) is 17.6 Å². The first-order valence-corrected chi connectivity index (χ1v) is 14.2. The lowest BCUT2D eigenvalue weighted by Crippen LogP contribution is -2.67. The monoisotopic (exact) mass is 517 g/mol. The van der Waals surface area contributed by atoms with E-state index in [2.05, 4.69) is 15.0 Å². The van der Waals surface area contributed by atoms with Gasteiger partial charge in [0.25, 0.3) is 0 Å². The van der Waals surface area contributed by atoms with Crippen LogP contribution in [0.25, 0.3) is 5.82 Å². The summed E-state index contributed by atoms with van der Waals surface area (Å²) in [6, 6.07) is 4.34. The maximum atomic E-state index is 13.1. The van der Waals surface area contributed by atoms with Gasteiger partial charge < -0.3 is 21.3 Å². The predicted molar refractivity (Wildman–Crippen MR) is 133 cm³/mol. The van der Waals surface area contributed by atoms with Crippen molar-refractivity contribution in [3.63, 3.8) is 0 Å². The highest BCUT2D eigenvalue weighted by Gasteiger charge is 2.55. The summed E-state index contributed by atoms with van der Waals surface area (Å²) in [4.78, 5) is 17.1. The summed E-state index contributed by atoms with van der Waals surface area (Å²) in [6.45, 7) is 2.26. The van der Waals surface area contributed by atoms with E-state index in [4.69, 9.17) is 5.73 Å². The molecule has 1 atom stereocenters. The van der Waals surface area contributed by atoms with E-state index in [1.807, 2.05) is 6.92 Å². The third-order valence-electron chi connectivity index (χ3n) is 8.52. The Morgan fingerprint density at radius 2 is 1.72 bits per heavy atom. The van der Waals surface area contributed by atoms with Crippen molar-refractivity contribution in [1.29, 1.82) is 0 Å². The SMILES string of the molecule is CCC[C@@H](NS(=O)(=O)c1ccc(-n2c(O)ccc2O)nc1)C(=O)NCC1(N)C2CC3CC(C2)CC1C3. The molecule has 4 aliphatic carbocycles. The van der Waals surface area contributed by atoms with Crippen LogP contribution in [0, 0.1) is 23.7 Å². The number of aromatic nitrogens is 2. The Hall–Kier alpha value is -2.63. The third-order valence-corrected chi connectivity index (χ3v) is 9.98. The largest absolute Gasteiger partial charge is 0.494 e. The van der Waals surface area contributed by atoms with Crippen LogP contribution in [-0.2, 0) is 14.8 Å². The molecule has 10 nitrogen and oxygen atoms in total. The molecule has 0 radical (unpaired) electrons. The van der Waals surface area contributed by atoms with E-state index < -0.39 is 21.6 Å². The van der Waals surface area contributed by atoms with E-state index in [-0.39, 0.29) is 28.4 Å². The Balaban J connectivity index is 1.26. The second-order valence-electron chi connectivity index (χ2n) is 10.8. The van der Waals surface area contributed by atoms with Gasteiger partial charge in [-0.25, -0.2) is 18.0 Å². The number of rotatable bonds is 9. The summed E-state index contributed by atoms with van der Waals surface area (Å²) in [7, 11) is -4.05. The molecule has 6 rings (SSSR count). The smallest absolute Gasteiger partial charge is 0.242 e. The molecule has 11 heteroatoms. The van der Waals surface area contributed by atoms with E-state index in [0.717, 1.165) is 48.3 Å². The van der Waals surface area contributed by atoms with Crippen molar-refractivity contribution in [3.05, 3.63) is 30.5 Å². The maximum absolute atomic E-state index is 13.1. The summed E-state index contributed by atoms with van der Waals surface area (Å²) < 4.78 is 29.7. The lowest BCUT2D eigenvalue weighted by Gasteiger charge is -2.60. The molecule has 4 bridgehead atoms. The molecule has 4 saturated carbocycles. The minimum absolute atomic E-state index is 0.123. The molecule has 0 saturated heterocycles. The molecule has 4 aliphatic rings. The van der Waals surface area contributed by atoms with Crippen LogP contribution < -0.4 is 15.8 Å². The van der Waals surface area contributed by atoms with Gasteiger partial charge in [0.1, 0.15) is 16.8 Å². The van der Waals surface area contributed by atoms with Crippen LogP contribution in [0.4, 0.5) is 0 Å². The van der Waals surface area contributed by atoms with Crippen molar-refractivity contribution in [2.75, 3.05) is 6.54 Å². The van der Waals surface area contributed by atoms with Crippen LogP contribution >= 0.6 is 0 Å². The fourth-order valence-corrected chi connectivity index (χ4v) is 7.99. The number of hydrogen-bond acceptors (Lipinski definition) is 7. The number of nitrogens with one attached hydrogen (secondary N) is 2. The van der Waals surface area contributed by atoms with E-state index in [9.17, 15) is 23.4 Å². The highest BCUT2D eigenvalue weighted by molar-refractivity contribution is 7.89. The predicted octanol–water partition coefficient (Wildman–Crippen LogP) is 2.00. The summed E-state index contributed by atoms with van der Waals surface area (Å²) in [5, 5.41) is 22.7. The molecule has 2 heterocycles. The zero-order valence-electron chi connectivity index (χ0n) is 20.4. The maximum Gasteiger partial charge on any atom is 0.242 e. The van der Waals surface area contributed by atoms with Gasteiger partial charge in [-0.1, -0.05) is 13.3 Å². The van der Waals surface area contributed by atoms with E-state index in [1.54, 1.807) is 0 Å². The number of aromatic hydroxyl groups is 2. The molecule has 0 unspecified atom stereocenters. The van der Waals surface area contributed by atoms with Crippen LogP contribution in [0.5, 0.6) is 11.8 Å². The van der Waals surface area contributed by atoms with Crippen molar-refractivity contribution in [2.45, 2.75) is 68.3 Å². The highest BCUT2D eigenvalue weighted by Crippen LogP contribution is 2.57. The Bertz CT molecular complexity index is 1180. The van der Waals surface area contributed by atoms with E-state index in [1.165, 1.54) is 30.7 Å². The molecular formula is C25H35N5O5S. The molecule has 196 valence electrons. The highest BCUT2D eigenvalue weighted by atomic mass is 32.2. The first-order valence-electron chi connectivity index (χ1n) is 12.8. The van der Waals surface area contributed by atoms with Crippen LogP contribution in [0.3, 0.4) is 0 Å². The Labute approximate surface area is 211 Å². The summed E-state index contributed by atoms with van der Waals surface area (Å²) in [5.41, 5.74) is 6.49. The minimum Gasteiger partial charge on any atom is -0.494 e. The molecule has 2 aromatic heterocycles. The van der Waals surface area contributed by atoms with Crippen molar-refractivity contribution < 1.29 is 23.4 Å². The Morgan fingerprint density at radius 3 is 2.25 bits per heavy atom. The molecule has 0 aliphatic heterocycles. The molecule has 0 spiro atoms. The standard InChI is InChI=1S/C25H35N5O5S/c1-2-3-20(24(33)28-14-25(26)17-9-15-8-16(11-17)12-18(25)10-15)29-36(34,35)19-4-5-21(27-13-19)30-22(31)6-7-23(30)32/h4-7,13,15-18,20,29,31-32H,2-3,8-12,14,26H2,1H3,(H,28,33)/t15?,16?,17?,18?,20-,25?/m1/s1. The Morgan fingerprint density at radius 1 is 1.11 bits per heavy atom. The van der Waals surface area contributed by atoms with Gasteiger partial charge in [0.2, 0.25) is 15.9 Å². The fraction of sp³-hybridized carbons (Fsp3) is 0.600. The quantitative estimate of drug-likeness (QED) is 0.340. The number of sulfonamides is 1. The molecule has 6 N–H and O–H groups in total. The van der Waals surface area contributed by atoms with Crippen molar-refractivity contribution in [1.82, 2.24) is 19.6 Å². The van der Waals surface area contributed by atoms with Crippen LogP contribution in [0.2, 0.25) is 0 Å². The second-order valence-corrected chi connectivity index (χ2v) is 12.5. The topological polar surface area (TPSA) is 160 Å². The van der Waals surface area contributed by atoms with E-state index >= 15 is 0 Å². The van der Waals surface area contributed by atoms with Crippen molar-refractivity contribution in [2.24, 2.45) is 29.4 Å². The molecular weight excluding hydrogens is 482 g/mol. The van der Waals surface area contributed by atoms with Crippen molar-refractivity contribution >= 4 is 15.9 Å². The molecule has 36 heavy (non-hydrogen) atoms. The first-order chi connectivity index (χ1) is 17.1. The second kappa shape index (κ2) is 9.35. The third kappa shape index (κ3) is 4.48. The number of nitrogens with zero attached hydrogens (tertiary/aromatic N) is 2. The van der Waals surface area contributed by atoms with Gasteiger partial charge in [0.05, 0.1) is 0 Å². The molecule has 0 aromatic carbocycles. The lowest BCUT2D eigenvalue weighted by atomic mass is 9.49. The van der Waals surface area contributed by atoms with Crippen LogP contribution in [0.15, 0.2) is 35.4 Å². The summed E-state index contributed by atoms with van der Waals surface area (Å²) >= 11 is 0. The average Bonchev–Trinajstić information content (AvgIpc) is 3.18. The lowest BCUT2D eigenvalue weighted by molar-refractivity contribution is -0.124. The van der Waals surface area contributed by atoms with Gasteiger partial charge in [-0.15, -0.1) is 0 Å². The van der Waals surface area contributed by atoms with Gasteiger partial charge in [-0.2, -0.15) is 4.72 Å². The summed E-state index contributed by atoms with van der Waals surface area (Å²) in [6.07, 6.45) is 7.93. The van der Waals surface area contributed by atoms with Crippen LogP contribution in [-0.4, -0.2) is 52.2 Å². The number of amides is 1. The van der Waals surface area contributed by atoms with Crippen LogP contribution in [0.1, 0.15) is 51.9 Å². The fourth-order valence-electron chi connectivity index (χ4n) is 6.82. The number of pyridine rings is 1. The van der Waals surface area contributed by atoms with Gasteiger partial charge in [-0.05, 0) is 74.3 Å². The van der Waals surface area contributed by atoms with Gasteiger partial charge >= 0.3 is 0 Å². The Kier molecular flexibility index (Phi) is 6.50. The van der Waals surface area contributed by atoms with Gasteiger partial charge in [0, 0.05) is 30.4 Å². The molecule has 2 aromatic rings. The normalized spacial score (nSPS) is 29.8. The van der Waals surface area contributed by atoms with Gasteiger partial charge in [0.15, 0.2) is 11.8 Å². The summed E-state index contributed by atoms with van der Waals surface area (Å²) in [5.74, 6) is 1.69.